The molecule has 0 saturated heterocycles. The number of halogens is 2. The van der Waals surface area contributed by atoms with Crippen LogP contribution in [0.1, 0.15) is 32.6 Å². The second kappa shape index (κ2) is 10.8. The van der Waals surface area contributed by atoms with E-state index in [1.807, 2.05) is 18.2 Å². The smallest absolute Gasteiger partial charge is 0.262 e. The van der Waals surface area contributed by atoms with Crippen LogP contribution in [0.25, 0.3) is 10.9 Å². The van der Waals surface area contributed by atoms with Gasteiger partial charge in [0.05, 0.1) is 16.7 Å². The molecule has 3 rings (SSSR count). The van der Waals surface area contributed by atoms with E-state index < -0.39 is 0 Å². The van der Waals surface area contributed by atoms with Crippen LogP contribution in [0.2, 0.25) is 10.0 Å². The van der Waals surface area contributed by atoms with E-state index in [-0.39, 0.29) is 17.2 Å². The van der Waals surface area contributed by atoms with Gasteiger partial charge in [-0.05, 0) is 36.8 Å². The first-order valence-corrected chi connectivity index (χ1v) is 11.6. The summed E-state index contributed by atoms with van der Waals surface area (Å²) in [7, 11) is 0. The Balaban J connectivity index is 1.77. The first-order valence-electron chi connectivity index (χ1n) is 9.86. The van der Waals surface area contributed by atoms with Crippen LogP contribution in [0.4, 0.5) is 5.69 Å². The molecular weight excluding hydrogens is 441 g/mol. The maximum Gasteiger partial charge on any atom is 0.262 e. The quantitative estimate of drug-likeness (QED) is 0.239. The predicted molar refractivity (Wildman–Crippen MR) is 126 cm³/mol. The molecule has 5 nitrogen and oxygen atoms in total. The van der Waals surface area contributed by atoms with Gasteiger partial charge in [0, 0.05) is 22.3 Å². The van der Waals surface area contributed by atoms with Crippen molar-refractivity contribution in [1.82, 2.24) is 9.55 Å². The minimum absolute atomic E-state index is 0.0679. The molecule has 0 aliphatic heterocycles. The molecule has 8 heteroatoms. The molecule has 0 saturated carbocycles. The molecule has 0 aliphatic rings. The van der Waals surface area contributed by atoms with Gasteiger partial charge in [0.15, 0.2) is 5.16 Å². The third kappa shape index (κ3) is 6.00. The number of carbonyl (C=O) groups excluding carboxylic acids is 1. The molecule has 0 radical (unpaired) electrons. The lowest BCUT2D eigenvalue weighted by molar-refractivity contribution is -0.113. The highest BCUT2D eigenvalue weighted by atomic mass is 35.5. The molecule has 0 aliphatic carbocycles. The predicted octanol–water partition coefficient (Wildman–Crippen LogP) is 6.01. The summed E-state index contributed by atoms with van der Waals surface area (Å²) in [6.45, 7) is 2.74. The Morgan fingerprint density at radius 3 is 2.57 bits per heavy atom. The Morgan fingerprint density at radius 1 is 1.10 bits per heavy atom. The van der Waals surface area contributed by atoms with Gasteiger partial charge >= 0.3 is 0 Å². The fraction of sp³-hybridized carbons (Fsp3) is 0.318. The normalized spacial score (nSPS) is 11.0. The highest BCUT2D eigenvalue weighted by molar-refractivity contribution is 7.99. The number of fused-ring (bicyclic) bond motifs is 1. The zero-order valence-corrected chi connectivity index (χ0v) is 19.0. The molecule has 158 valence electrons. The van der Waals surface area contributed by atoms with Gasteiger partial charge < -0.3 is 5.32 Å². The van der Waals surface area contributed by atoms with E-state index in [4.69, 9.17) is 23.2 Å². The Bertz CT molecular complexity index is 1080. The second-order valence-electron chi connectivity index (χ2n) is 6.92. The summed E-state index contributed by atoms with van der Waals surface area (Å²) in [6.07, 6.45) is 4.20. The number of anilines is 1. The van der Waals surface area contributed by atoms with Gasteiger partial charge in [-0.15, -0.1) is 0 Å². The second-order valence-corrected chi connectivity index (χ2v) is 8.74. The molecule has 1 N–H and O–H groups in total. The number of hydrogen-bond acceptors (Lipinski definition) is 4. The third-order valence-electron chi connectivity index (χ3n) is 4.54. The summed E-state index contributed by atoms with van der Waals surface area (Å²) in [5.74, 6) is -0.109. The summed E-state index contributed by atoms with van der Waals surface area (Å²) >= 11 is 13.2. The van der Waals surface area contributed by atoms with E-state index in [2.05, 4.69) is 17.2 Å². The van der Waals surface area contributed by atoms with Crippen LogP contribution in [-0.2, 0) is 11.3 Å². The van der Waals surface area contributed by atoms with Crippen molar-refractivity contribution >= 4 is 57.5 Å². The average Bonchev–Trinajstić information content (AvgIpc) is 2.70. The molecule has 1 aromatic heterocycles. The molecule has 0 fully saturated rings. The van der Waals surface area contributed by atoms with Crippen LogP contribution in [0, 0.1) is 0 Å². The SMILES string of the molecule is CCCCCCn1c(SCC(=O)Nc2cc(Cl)cc(Cl)c2)nc2ccccc2c1=O. The van der Waals surface area contributed by atoms with Gasteiger partial charge in [-0.1, -0.05) is 73.3 Å². The zero-order chi connectivity index (χ0) is 21.5. The van der Waals surface area contributed by atoms with Gasteiger partial charge in [-0.2, -0.15) is 0 Å². The van der Waals surface area contributed by atoms with Crippen LogP contribution in [-0.4, -0.2) is 21.2 Å². The Hall–Kier alpha value is -2.02. The molecule has 0 unspecified atom stereocenters. The highest BCUT2D eigenvalue weighted by Crippen LogP contribution is 2.23. The molecule has 3 aromatic rings. The number of thioether (sulfide) groups is 1. The van der Waals surface area contributed by atoms with Crippen LogP contribution < -0.4 is 10.9 Å². The minimum Gasteiger partial charge on any atom is -0.325 e. The van der Waals surface area contributed by atoms with Gasteiger partial charge in [0.1, 0.15) is 0 Å². The Morgan fingerprint density at radius 2 is 1.83 bits per heavy atom. The number of aromatic nitrogens is 2. The fourth-order valence-corrected chi connectivity index (χ4v) is 4.46. The highest BCUT2D eigenvalue weighted by Gasteiger charge is 2.13. The van der Waals surface area contributed by atoms with E-state index in [1.165, 1.54) is 11.8 Å². The number of carbonyl (C=O) groups is 1. The molecule has 2 aromatic carbocycles. The number of hydrogen-bond donors (Lipinski definition) is 1. The van der Waals surface area contributed by atoms with Crippen molar-refractivity contribution in [2.45, 2.75) is 44.3 Å². The summed E-state index contributed by atoms with van der Waals surface area (Å²) in [6, 6.07) is 12.2. The van der Waals surface area contributed by atoms with Crippen molar-refractivity contribution in [3.8, 4) is 0 Å². The molecule has 0 bridgehead atoms. The lowest BCUT2D eigenvalue weighted by Gasteiger charge is -2.13. The molecular formula is C22H23Cl2N3O2S. The first kappa shape index (κ1) is 22.7. The molecule has 0 spiro atoms. The van der Waals surface area contributed by atoms with Crippen molar-refractivity contribution in [3.05, 3.63) is 62.9 Å². The van der Waals surface area contributed by atoms with E-state index in [9.17, 15) is 9.59 Å². The largest absolute Gasteiger partial charge is 0.325 e. The Labute approximate surface area is 189 Å². The van der Waals surface area contributed by atoms with E-state index in [1.54, 1.807) is 28.8 Å². The lowest BCUT2D eigenvalue weighted by atomic mass is 10.2. The van der Waals surface area contributed by atoms with E-state index in [0.29, 0.717) is 38.3 Å². The van der Waals surface area contributed by atoms with Gasteiger partial charge in [-0.3, -0.25) is 14.2 Å². The third-order valence-corrected chi connectivity index (χ3v) is 5.95. The summed E-state index contributed by atoms with van der Waals surface area (Å²) in [5.41, 5.74) is 1.10. The topological polar surface area (TPSA) is 64.0 Å². The fourth-order valence-electron chi connectivity index (χ4n) is 3.10. The number of nitrogens with one attached hydrogen (secondary N) is 1. The standard InChI is InChI=1S/C22H23Cl2N3O2S/c1-2-3-4-7-10-27-21(29)18-8-5-6-9-19(18)26-22(27)30-14-20(28)25-17-12-15(23)11-16(24)13-17/h5-6,8-9,11-13H,2-4,7,10,14H2,1H3,(H,25,28). The van der Waals surface area contributed by atoms with Crippen LogP contribution in [0.15, 0.2) is 52.4 Å². The molecule has 1 amide bonds. The van der Waals surface area contributed by atoms with Crippen LogP contribution in [0.3, 0.4) is 0 Å². The number of unbranched alkanes of at least 4 members (excludes halogenated alkanes) is 3. The number of benzene rings is 2. The number of para-hydroxylation sites is 1. The van der Waals surface area contributed by atoms with Gasteiger partial charge in [-0.25, -0.2) is 4.98 Å². The van der Waals surface area contributed by atoms with E-state index in [0.717, 1.165) is 25.7 Å². The Kier molecular flexibility index (Phi) is 8.19. The monoisotopic (exact) mass is 463 g/mol. The van der Waals surface area contributed by atoms with Crippen molar-refractivity contribution in [3.63, 3.8) is 0 Å². The number of nitrogens with zero attached hydrogens (tertiary/aromatic N) is 2. The first-order chi connectivity index (χ1) is 14.5. The van der Waals surface area contributed by atoms with Crippen molar-refractivity contribution in [2.75, 3.05) is 11.1 Å². The maximum absolute atomic E-state index is 13.0. The molecule has 0 atom stereocenters. The zero-order valence-electron chi connectivity index (χ0n) is 16.7. The van der Waals surface area contributed by atoms with Gasteiger partial charge in [0.2, 0.25) is 5.91 Å². The summed E-state index contributed by atoms with van der Waals surface area (Å²) in [5, 5.41) is 4.82. The maximum atomic E-state index is 13.0. The van der Waals surface area contributed by atoms with Gasteiger partial charge in [0.25, 0.3) is 5.56 Å². The van der Waals surface area contributed by atoms with E-state index >= 15 is 0 Å². The van der Waals surface area contributed by atoms with Crippen LogP contribution in [0.5, 0.6) is 0 Å². The number of amides is 1. The lowest BCUT2D eigenvalue weighted by Crippen LogP contribution is -2.24. The average molecular weight is 464 g/mol. The number of rotatable bonds is 9. The molecule has 1 heterocycles. The van der Waals surface area contributed by atoms with Crippen molar-refractivity contribution in [2.24, 2.45) is 0 Å². The van der Waals surface area contributed by atoms with Crippen LogP contribution >= 0.6 is 35.0 Å². The summed E-state index contributed by atoms with van der Waals surface area (Å²) in [4.78, 5) is 30.1. The minimum atomic E-state index is -0.224. The molecule has 30 heavy (non-hydrogen) atoms. The summed E-state index contributed by atoms with van der Waals surface area (Å²) < 4.78 is 1.69. The van der Waals surface area contributed by atoms with Crippen molar-refractivity contribution in [1.29, 1.82) is 0 Å². The van der Waals surface area contributed by atoms with Crippen molar-refractivity contribution < 1.29 is 4.79 Å².